The van der Waals surface area contributed by atoms with Crippen molar-refractivity contribution < 1.29 is 4.74 Å². The normalized spacial score (nSPS) is 11.5. The van der Waals surface area contributed by atoms with Gasteiger partial charge in [0.05, 0.1) is 0 Å². The Balaban J connectivity index is 2.26. The average Bonchev–Trinajstić information content (AvgIpc) is 2.40. The van der Waals surface area contributed by atoms with Crippen LogP contribution in [0.2, 0.25) is 0 Å². The standard InChI is InChI=1S/C19H23ClO/c1-13-11-17(8-6-15(13)12-20)21-18-9-7-16(10-14(18)2)19(3,4)5/h6-11H,12H2,1-5H3. The molecule has 0 N–H and O–H groups in total. The molecule has 21 heavy (non-hydrogen) atoms. The van der Waals surface area contributed by atoms with Gasteiger partial charge < -0.3 is 4.74 Å². The maximum atomic E-state index is 6.01. The van der Waals surface area contributed by atoms with Crippen molar-refractivity contribution in [2.75, 3.05) is 0 Å². The van der Waals surface area contributed by atoms with Gasteiger partial charge >= 0.3 is 0 Å². The van der Waals surface area contributed by atoms with E-state index in [4.69, 9.17) is 16.3 Å². The number of alkyl halides is 1. The lowest BCUT2D eigenvalue weighted by atomic mass is 9.86. The fourth-order valence-corrected chi connectivity index (χ4v) is 2.54. The van der Waals surface area contributed by atoms with E-state index in [-0.39, 0.29) is 5.41 Å². The first-order valence-corrected chi connectivity index (χ1v) is 7.79. The molecule has 0 amide bonds. The molecule has 112 valence electrons. The monoisotopic (exact) mass is 302 g/mol. The summed E-state index contributed by atoms with van der Waals surface area (Å²) in [6.07, 6.45) is 0. The Kier molecular flexibility index (Phi) is 4.63. The van der Waals surface area contributed by atoms with Crippen LogP contribution in [0.15, 0.2) is 36.4 Å². The van der Waals surface area contributed by atoms with Crippen LogP contribution in [0.25, 0.3) is 0 Å². The molecule has 0 aliphatic heterocycles. The molecule has 0 fully saturated rings. The molecule has 2 aromatic carbocycles. The van der Waals surface area contributed by atoms with Gasteiger partial charge in [-0.1, -0.05) is 39.0 Å². The number of benzene rings is 2. The molecule has 0 unspecified atom stereocenters. The van der Waals surface area contributed by atoms with E-state index in [2.05, 4.69) is 52.8 Å². The average molecular weight is 303 g/mol. The summed E-state index contributed by atoms with van der Waals surface area (Å²) in [4.78, 5) is 0. The molecular weight excluding hydrogens is 280 g/mol. The van der Waals surface area contributed by atoms with E-state index in [1.807, 2.05) is 18.2 Å². The Morgan fingerprint density at radius 3 is 2.19 bits per heavy atom. The molecule has 0 aliphatic rings. The second-order valence-corrected chi connectivity index (χ2v) is 6.82. The second kappa shape index (κ2) is 6.11. The number of hydrogen-bond acceptors (Lipinski definition) is 1. The van der Waals surface area contributed by atoms with Gasteiger partial charge in [0.25, 0.3) is 0 Å². The summed E-state index contributed by atoms with van der Waals surface area (Å²) in [5.41, 5.74) is 4.93. The minimum atomic E-state index is 0.155. The van der Waals surface area contributed by atoms with E-state index in [9.17, 15) is 0 Å². The maximum Gasteiger partial charge on any atom is 0.130 e. The van der Waals surface area contributed by atoms with Gasteiger partial charge in [-0.2, -0.15) is 0 Å². The van der Waals surface area contributed by atoms with Crippen molar-refractivity contribution in [3.05, 3.63) is 58.7 Å². The Labute approximate surface area is 132 Å². The smallest absolute Gasteiger partial charge is 0.130 e. The fourth-order valence-electron chi connectivity index (χ4n) is 2.24. The number of halogens is 1. The topological polar surface area (TPSA) is 9.23 Å². The fraction of sp³-hybridized carbons (Fsp3) is 0.368. The lowest BCUT2D eigenvalue weighted by Crippen LogP contribution is -2.11. The number of ether oxygens (including phenoxy) is 1. The Hall–Kier alpha value is -1.47. The minimum absolute atomic E-state index is 0.155. The first-order chi connectivity index (χ1) is 9.81. The van der Waals surface area contributed by atoms with Crippen molar-refractivity contribution in [1.82, 2.24) is 0 Å². The van der Waals surface area contributed by atoms with Crippen LogP contribution in [0.5, 0.6) is 11.5 Å². The molecule has 2 aromatic rings. The van der Waals surface area contributed by atoms with E-state index in [1.165, 1.54) is 5.56 Å². The molecule has 0 aromatic heterocycles. The predicted molar refractivity (Wildman–Crippen MR) is 90.7 cm³/mol. The highest BCUT2D eigenvalue weighted by atomic mass is 35.5. The summed E-state index contributed by atoms with van der Waals surface area (Å²) in [5, 5.41) is 0. The van der Waals surface area contributed by atoms with E-state index in [1.54, 1.807) is 0 Å². The molecule has 0 saturated carbocycles. The van der Waals surface area contributed by atoms with Crippen LogP contribution >= 0.6 is 11.6 Å². The molecule has 2 heteroatoms. The zero-order valence-electron chi connectivity index (χ0n) is 13.5. The first kappa shape index (κ1) is 15.9. The third-order valence-electron chi connectivity index (χ3n) is 3.73. The van der Waals surface area contributed by atoms with Crippen molar-refractivity contribution in [2.24, 2.45) is 0 Å². The number of hydrogen-bond donors (Lipinski definition) is 0. The van der Waals surface area contributed by atoms with Crippen LogP contribution in [0, 0.1) is 13.8 Å². The third-order valence-corrected chi connectivity index (χ3v) is 4.01. The van der Waals surface area contributed by atoms with E-state index in [0.29, 0.717) is 5.88 Å². The van der Waals surface area contributed by atoms with Gasteiger partial charge in [0.1, 0.15) is 11.5 Å². The summed E-state index contributed by atoms with van der Waals surface area (Å²) >= 11 is 5.89. The van der Waals surface area contributed by atoms with Gasteiger partial charge in [0.2, 0.25) is 0 Å². The molecule has 0 aliphatic carbocycles. The van der Waals surface area contributed by atoms with Crippen molar-refractivity contribution in [2.45, 2.75) is 45.9 Å². The van der Waals surface area contributed by atoms with Gasteiger partial charge in [-0.15, -0.1) is 11.6 Å². The Morgan fingerprint density at radius 1 is 0.952 bits per heavy atom. The van der Waals surface area contributed by atoms with Gasteiger partial charge in [0, 0.05) is 5.88 Å². The summed E-state index contributed by atoms with van der Waals surface area (Å²) in [6, 6.07) is 12.4. The molecule has 0 spiro atoms. The lowest BCUT2D eigenvalue weighted by Gasteiger charge is -2.20. The van der Waals surface area contributed by atoms with E-state index < -0.39 is 0 Å². The minimum Gasteiger partial charge on any atom is -0.457 e. The highest BCUT2D eigenvalue weighted by Crippen LogP contribution is 2.31. The highest BCUT2D eigenvalue weighted by Gasteiger charge is 2.15. The molecule has 0 heterocycles. The molecule has 0 bridgehead atoms. The molecule has 0 atom stereocenters. The Bertz CT molecular complexity index is 638. The van der Waals surface area contributed by atoms with Crippen molar-refractivity contribution >= 4 is 11.6 Å². The predicted octanol–water partition coefficient (Wildman–Crippen LogP) is 6.13. The van der Waals surface area contributed by atoms with Gasteiger partial charge in [0.15, 0.2) is 0 Å². The van der Waals surface area contributed by atoms with E-state index >= 15 is 0 Å². The van der Waals surface area contributed by atoms with Crippen LogP contribution < -0.4 is 4.74 Å². The number of rotatable bonds is 3. The first-order valence-electron chi connectivity index (χ1n) is 7.26. The van der Waals surface area contributed by atoms with Crippen molar-refractivity contribution in [3.8, 4) is 11.5 Å². The van der Waals surface area contributed by atoms with Crippen LogP contribution in [0.3, 0.4) is 0 Å². The quantitative estimate of drug-likeness (QED) is 0.619. The SMILES string of the molecule is Cc1cc(Oc2ccc(C(C)(C)C)cc2C)ccc1CCl. The molecule has 1 nitrogen and oxygen atoms in total. The van der Waals surface area contributed by atoms with Crippen LogP contribution in [-0.4, -0.2) is 0 Å². The van der Waals surface area contributed by atoms with Crippen LogP contribution in [0.4, 0.5) is 0 Å². The summed E-state index contributed by atoms with van der Waals surface area (Å²) < 4.78 is 6.01. The molecular formula is C19H23ClO. The van der Waals surface area contributed by atoms with Crippen LogP contribution in [0.1, 0.15) is 43.0 Å². The molecule has 0 radical (unpaired) electrons. The second-order valence-electron chi connectivity index (χ2n) is 6.55. The van der Waals surface area contributed by atoms with Gasteiger partial charge in [-0.25, -0.2) is 0 Å². The Morgan fingerprint density at radius 2 is 1.67 bits per heavy atom. The molecule has 0 saturated heterocycles. The van der Waals surface area contributed by atoms with Crippen LogP contribution in [-0.2, 0) is 11.3 Å². The van der Waals surface area contributed by atoms with Gasteiger partial charge in [-0.3, -0.25) is 0 Å². The largest absolute Gasteiger partial charge is 0.457 e. The molecule has 2 rings (SSSR count). The maximum absolute atomic E-state index is 6.01. The van der Waals surface area contributed by atoms with E-state index in [0.717, 1.165) is 28.2 Å². The van der Waals surface area contributed by atoms with Gasteiger partial charge in [-0.05, 0) is 59.7 Å². The number of aryl methyl sites for hydroxylation is 2. The zero-order valence-corrected chi connectivity index (χ0v) is 14.2. The van der Waals surface area contributed by atoms with Crippen molar-refractivity contribution in [3.63, 3.8) is 0 Å². The summed E-state index contributed by atoms with van der Waals surface area (Å²) in [7, 11) is 0. The highest BCUT2D eigenvalue weighted by molar-refractivity contribution is 6.17. The lowest BCUT2D eigenvalue weighted by molar-refractivity contribution is 0.477. The zero-order chi connectivity index (χ0) is 15.6. The third kappa shape index (κ3) is 3.79. The summed E-state index contributed by atoms with van der Waals surface area (Å²) in [6.45, 7) is 10.8. The van der Waals surface area contributed by atoms with Crippen molar-refractivity contribution in [1.29, 1.82) is 0 Å². The summed E-state index contributed by atoms with van der Waals surface area (Å²) in [5.74, 6) is 2.29.